The Kier molecular flexibility index (Phi) is 4.70. The number of amides is 1. The van der Waals surface area contributed by atoms with Gasteiger partial charge in [-0.1, -0.05) is 23.2 Å². The lowest BCUT2D eigenvalue weighted by Crippen LogP contribution is -2.27. The monoisotopic (exact) mass is 326 g/mol. The van der Waals surface area contributed by atoms with Crippen molar-refractivity contribution in [2.24, 2.45) is 0 Å². The molecule has 0 aliphatic heterocycles. The zero-order valence-electron chi connectivity index (χ0n) is 11.2. The second kappa shape index (κ2) is 6.33. The summed E-state index contributed by atoms with van der Waals surface area (Å²) in [5.41, 5.74) is 6.47. The van der Waals surface area contributed by atoms with Gasteiger partial charge in [-0.25, -0.2) is 4.39 Å². The number of carbonyl (C=O) groups excluding carboxylic acids is 1. The number of carbonyl (C=O) groups is 1. The van der Waals surface area contributed by atoms with E-state index in [1.54, 1.807) is 25.2 Å². The zero-order valence-corrected chi connectivity index (χ0v) is 12.7. The average molecular weight is 327 g/mol. The number of benzene rings is 2. The molecule has 0 saturated carbocycles. The molecule has 0 aromatic heterocycles. The number of rotatable bonds is 3. The molecule has 0 saturated heterocycles. The smallest absolute Gasteiger partial charge is 0.256 e. The molecule has 2 rings (SSSR count). The maximum Gasteiger partial charge on any atom is 0.256 e. The first-order chi connectivity index (χ1) is 9.86. The SMILES string of the molecule is CN(Cc1cc(Cl)cc(Cl)c1)C(=O)c1ccc(N)cc1F. The number of halogens is 3. The summed E-state index contributed by atoms with van der Waals surface area (Å²) in [4.78, 5) is 13.6. The summed E-state index contributed by atoms with van der Waals surface area (Å²) in [6.07, 6.45) is 0. The van der Waals surface area contributed by atoms with Gasteiger partial charge in [0.25, 0.3) is 5.91 Å². The van der Waals surface area contributed by atoms with Gasteiger partial charge in [-0.05, 0) is 42.0 Å². The molecule has 0 aliphatic rings. The van der Waals surface area contributed by atoms with Gasteiger partial charge in [-0.3, -0.25) is 4.79 Å². The molecule has 0 fully saturated rings. The molecule has 21 heavy (non-hydrogen) atoms. The zero-order chi connectivity index (χ0) is 15.6. The Labute approximate surface area is 132 Å². The number of nitrogens with zero attached hydrogens (tertiary/aromatic N) is 1. The molecule has 110 valence electrons. The van der Waals surface area contributed by atoms with E-state index in [2.05, 4.69) is 0 Å². The molecule has 0 atom stereocenters. The third-order valence-electron chi connectivity index (χ3n) is 2.91. The van der Waals surface area contributed by atoms with Gasteiger partial charge in [0.15, 0.2) is 0 Å². The summed E-state index contributed by atoms with van der Waals surface area (Å²) < 4.78 is 13.8. The van der Waals surface area contributed by atoms with E-state index < -0.39 is 11.7 Å². The van der Waals surface area contributed by atoms with Crippen LogP contribution in [0.25, 0.3) is 0 Å². The highest BCUT2D eigenvalue weighted by atomic mass is 35.5. The standard InChI is InChI=1S/C15H13Cl2FN2O/c1-20(8-9-4-10(16)6-11(17)5-9)15(21)13-3-2-12(19)7-14(13)18/h2-7H,8,19H2,1H3. The van der Waals surface area contributed by atoms with Crippen LogP contribution in [0.2, 0.25) is 10.0 Å². The summed E-state index contributed by atoms with van der Waals surface area (Å²) in [5.74, 6) is -1.08. The van der Waals surface area contributed by atoms with Crippen LogP contribution in [0.5, 0.6) is 0 Å². The highest BCUT2D eigenvalue weighted by Crippen LogP contribution is 2.21. The average Bonchev–Trinajstić information content (AvgIpc) is 2.36. The van der Waals surface area contributed by atoms with Crippen LogP contribution in [0.4, 0.5) is 10.1 Å². The van der Waals surface area contributed by atoms with Gasteiger partial charge in [0.1, 0.15) is 5.82 Å². The van der Waals surface area contributed by atoms with Crippen molar-refractivity contribution >= 4 is 34.8 Å². The Morgan fingerprint density at radius 3 is 2.38 bits per heavy atom. The fourth-order valence-electron chi connectivity index (χ4n) is 1.96. The molecule has 0 bridgehead atoms. The summed E-state index contributed by atoms with van der Waals surface area (Å²) in [7, 11) is 1.58. The molecule has 2 aromatic rings. The van der Waals surface area contributed by atoms with E-state index in [1.807, 2.05) is 0 Å². The third kappa shape index (κ3) is 3.86. The summed E-state index contributed by atoms with van der Waals surface area (Å²) in [6, 6.07) is 8.99. The molecular weight excluding hydrogens is 314 g/mol. The van der Waals surface area contributed by atoms with Gasteiger partial charge in [0.2, 0.25) is 0 Å². The summed E-state index contributed by atoms with van der Waals surface area (Å²) in [6.45, 7) is 0.267. The fraction of sp³-hybridized carbons (Fsp3) is 0.133. The lowest BCUT2D eigenvalue weighted by molar-refractivity contribution is 0.0780. The highest BCUT2D eigenvalue weighted by molar-refractivity contribution is 6.34. The molecule has 1 amide bonds. The molecule has 0 unspecified atom stereocenters. The predicted octanol–water partition coefficient (Wildman–Crippen LogP) is 3.99. The van der Waals surface area contributed by atoms with Gasteiger partial charge < -0.3 is 10.6 Å². The molecule has 0 spiro atoms. The van der Waals surface area contributed by atoms with Crippen molar-refractivity contribution in [3.63, 3.8) is 0 Å². The molecular formula is C15H13Cl2FN2O. The Morgan fingerprint density at radius 2 is 1.81 bits per heavy atom. The maximum absolute atomic E-state index is 13.8. The molecule has 3 nitrogen and oxygen atoms in total. The van der Waals surface area contributed by atoms with Crippen molar-refractivity contribution in [3.05, 3.63) is 63.4 Å². The van der Waals surface area contributed by atoms with E-state index in [1.165, 1.54) is 17.0 Å². The minimum absolute atomic E-state index is 0.0279. The van der Waals surface area contributed by atoms with Crippen LogP contribution in [-0.2, 0) is 6.54 Å². The van der Waals surface area contributed by atoms with Crippen molar-refractivity contribution in [2.75, 3.05) is 12.8 Å². The molecule has 2 aromatic carbocycles. The topological polar surface area (TPSA) is 46.3 Å². The van der Waals surface area contributed by atoms with E-state index >= 15 is 0 Å². The number of hydrogen-bond donors (Lipinski definition) is 1. The maximum atomic E-state index is 13.8. The summed E-state index contributed by atoms with van der Waals surface area (Å²) >= 11 is 11.8. The Morgan fingerprint density at radius 1 is 1.19 bits per heavy atom. The van der Waals surface area contributed by atoms with Crippen molar-refractivity contribution in [2.45, 2.75) is 6.54 Å². The minimum atomic E-state index is -0.643. The Bertz CT molecular complexity index is 671. The van der Waals surface area contributed by atoms with Crippen LogP contribution >= 0.6 is 23.2 Å². The van der Waals surface area contributed by atoms with E-state index in [0.717, 1.165) is 11.6 Å². The molecule has 0 heterocycles. The van der Waals surface area contributed by atoms with Gasteiger partial charge >= 0.3 is 0 Å². The lowest BCUT2D eigenvalue weighted by Gasteiger charge is -2.18. The summed E-state index contributed by atoms with van der Waals surface area (Å²) in [5, 5.41) is 0.967. The van der Waals surface area contributed by atoms with Crippen LogP contribution in [0.3, 0.4) is 0 Å². The normalized spacial score (nSPS) is 10.5. The Balaban J connectivity index is 2.19. The van der Waals surface area contributed by atoms with Gasteiger partial charge in [0, 0.05) is 29.3 Å². The second-order valence-electron chi connectivity index (χ2n) is 4.68. The number of anilines is 1. The van der Waals surface area contributed by atoms with Crippen LogP contribution in [0, 0.1) is 5.82 Å². The van der Waals surface area contributed by atoms with Gasteiger partial charge in [-0.15, -0.1) is 0 Å². The number of nitrogen functional groups attached to an aromatic ring is 1. The third-order valence-corrected chi connectivity index (χ3v) is 3.35. The van der Waals surface area contributed by atoms with Gasteiger partial charge in [-0.2, -0.15) is 0 Å². The van der Waals surface area contributed by atoms with Gasteiger partial charge in [0.05, 0.1) is 5.56 Å². The Hall–Kier alpha value is -1.78. The molecule has 0 aliphatic carbocycles. The molecule has 0 radical (unpaired) electrons. The van der Waals surface area contributed by atoms with E-state index in [-0.39, 0.29) is 17.8 Å². The van der Waals surface area contributed by atoms with Crippen LogP contribution in [0.1, 0.15) is 15.9 Å². The largest absolute Gasteiger partial charge is 0.399 e. The molecule has 6 heteroatoms. The number of hydrogen-bond acceptors (Lipinski definition) is 2. The predicted molar refractivity (Wildman–Crippen MR) is 83.1 cm³/mol. The minimum Gasteiger partial charge on any atom is -0.399 e. The fourth-order valence-corrected chi connectivity index (χ4v) is 2.53. The first kappa shape index (κ1) is 15.6. The molecule has 2 N–H and O–H groups in total. The van der Waals surface area contributed by atoms with Crippen molar-refractivity contribution < 1.29 is 9.18 Å². The van der Waals surface area contributed by atoms with Crippen molar-refractivity contribution in [3.8, 4) is 0 Å². The lowest BCUT2D eigenvalue weighted by atomic mass is 10.1. The number of nitrogens with two attached hydrogens (primary N) is 1. The van der Waals surface area contributed by atoms with Crippen LogP contribution in [0.15, 0.2) is 36.4 Å². The van der Waals surface area contributed by atoms with Crippen molar-refractivity contribution in [1.29, 1.82) is 0 Å². The first-order valence-electron chi connectivity index (χ1n) is 6.12. The quantitative estimate of drug-likeness (QED) is 0.867. The second-order valence-corrected chi connectivity index (χ2v) is 5.55. The van der Waals surface area contributed by atoms with Crippen molar-refractivity contribution in [1.82, 2.24) is 4.90 Å². The van der Waals surface area contributed by atoms with E-state index in [0.29, 0.717) is 10.0 Å². The first-order valence-corrected chi connectivity index (χ1v) is 6.88. The van der Waals surface area contributed by atoms with Crippen LogP contribution in [-0.4, -0.2) is 17.9 Å². The van der Waals surface area contributed by atoms with E-state index in [9.17, 15) is 9.18 Å². The highest BCUT2D eigenvalue weighted by Gasteiger charge is 2.16. The van der Waals surface area contributed by atoms with Crippen LogP contribution < -0.4 is 5.73 Å². The van der Waals surface area contributed by atoms with E-state index in [4.69, 9.17) is 28.9 Å².